The van der Waals surface area contributed by atoms with Crippen molar-refractivity contribution >= 4 is 11.4 Å². The standard InChI is InChI=1S/C10H20N3O.C10H16N3O.Ni/c2*1-8(9(2)13-14)12-7-10-5-3-4-6-11-10;/h8,10,12,14H,3-7H2,1-2H3;3-5,8,12,14H,6-7H2,1-2H3;/q2*-1;+2. The van der Waals surface area contributed by atoms with Crippen molar-refractivity contribution in [2.75, 3.05) is 26.2 Å². The van der Waals surface area contributed by atoms with E-state index in [1.54, 1.807) is 6.92 Å². The Morgan fingerprint density at radius 3 is 2.31 bits per heavy atom. The van der Waals surface area contributed by atoms with Crippen LogP contribution < -0.4 is 10.6 Å². The van der Waals surface area contributed by atoms with Gasteiger partial charge in [0.15, 0.2) is 0 Å². The van der Waals surface area contributed by atoms with E-state index in [1.165, 1.54) is 19.3 Å². The maximum absolute atomic E-state index is 8.57. The summed E-state index contributed by atoms with van der Waals surface area (Å²) < 4.78 is 0. The van der Waals surface area contributed by atoms with E-state index in [2.05, 4.69) is 31.6 Å². The fraction of sp³-hybridized carbons (Fsp3) is 0.700. The van der Waals surface area contributed by atoms with Crippen molar-refractivity contribution in [3.05, 3.63) is 34.6 Å². The summed E-state index contributed by atoms with van der Waals surface area (Å²) in [5, 5.41) is 38.8. The summed E-state index contributed by atoms with van der Waals surface area (Å²) in [6.45, 7) is 10.9. The zero-order valence-corrected chi connectivity index (χ0v) is 18.9. The molecule has 0 spiro atoms. The molecule has 0 amide bonds. The summed E-state index contributed by atoms with van der Waals surface area (Å²) in [6.07, 6.45) is 9.71. The summed E-state index contributed by atoms with van der Waals surface area (Å²) in [6, 6.07) is 0.664. The van der Waals surface area contributed by atoms with Gasteiger partial charge in [0.1, 0.15) is 0 Å². The van der Waals surface area contributed by atoms with Crippen LogP contribution in [0.15, 0.2) is 34.2 Å². The Hall–Kier alpha value is -1.41. The van der Waals surface area contributed by atoms with Gasteiger partial charge >= 0.3 is 16.5 Å². The van der Waals surface area contributed by atoms with Crippen molar-refractivity contribution in [1.82, 2.24) is 10.6 Å². The fourth-order valence-electron chi connectivity index (χ4n) is 2.64. The molecule has 8 nitrogen and oxygen atoms in total. The first-order valence-electron chi connectivity index (χ1n) is 10.0. The van der Waals surface area contributed by atoms with Gasteiger partial charge in [-0.2, -0.15) is 0 Å². The van der Waals surface area contributed by atoms with Gasteiger partial charge in [-0.05, 0) is 34.2 Å². The Bertz CT molecular complexity index is 559. The first kappa shape index (κ1) is 27.6. The Morgan fingerprint density at radius 2 is 1.79 bits per heavy atom. The van der Waals surface area contributed by atoms with E-state index in [4.69, 9.17) is 10.4 Å². The molecule has 0 aromatic heterocycles. The van der Waals surface area contributed by atoms with Crippen LogP contribution in [0.4, 0.5) is 0 Å². The Labute approximate surface area is 185 Å². The van der Waals surface area contributed by atoms with Crippen molar-refractivity contribution in [3.8, 4) is 0 Å². The van der Waals surface area contributed by atoms with Gasteiger partial charge in [0.2, 0.25) is 0 Å². The van der Waals surface area contributed by atoms with Crippen molar-refractivity contribution in [2.45, 2.75) is 65.1 Å². The fourth-order valence-corrected chi connectivity index (χ4v) is 2.64. The predicted octanol–water partition coefficient (Wildman–Crippen LogP) is 3.38. The predicted molar refractivity (Wildman–Crippen MR) is 116 cm³/mol. The number of nitrogens with zero attached hydrogens (tertiary/aromatic N) is 4. The average Bonchev–Trinajstić information content (AvgIpc) is 2.76. The number of rotatable bonds is 8. The van der Waals surface area contributed by atoms with E-state index in [0.717, 1.165) is 31.0 Å². The zero-order valence-electron chi connectivity index (χ0n) is 17.9. The number of piperidine rings is 1. The molecule has 0 bridgehead atoms. The zero-order chi connectivity index (χ0) is 20.8. The minimum absolute atomic E-state index is 0. The van der Waals surface area contributed by atoms with Crippen molar-refractivity contribution < 1.29 is 26.9 Å². The third-order valence-corrected chi connectivity index (χ3v) is 4.98. The van der Waals surface area contributed by atoms with Crippen molar-refractivity contribution in [3.63, 3.8) is 0 Å². The minimum Gasteiger partial charge on any atom is -0.684 e. The molecule has 9 heteroatoms. The van der Waals surface area contributed by atoms with E-state index >= 15 is 0 Å². The van der Waals surface area contributed by atoms with Crippen LogP contribution in [0.25, 0.3) is 10.6 Å². The van der Waals surface area contributed by atoms with E-state index in [0.29, 0.717) is 18.3 Å². The first-order chi connectivity index (χ1) is 13.5. The third kappa shape index (κ3) is 12.0. The Morgan fingerprint density at radius 1 is 1.14 bits per heavy atom. The maximum Gasteiger partial charge on any atom is 2.00 e. The molecule has 1 fully saturated rings. The molecule has 29 heavy (non-hydrogen) atoms. The molecule has 0 saturated carbocycles. The molecule has 2 aliphatic heterocycles. The number of hydrogen-bond acceptors (Lipinski definition) is 6. The maximum atomic E-state index is 8.57. The molecule has 3 atom stereocenters. The quantitative estimate of drug-likeness (QED) is 0.196. The van der Waals surface area contributed by atoms with Crippen LogP contribution in [0.1, 0.15) is 47.0 Å². The summed E-state index contributed by atoms with van der Waals surface area (Å²) in [4.78, 5) is 0. The molecule has 2 rings (SSSR count). The molecular weight excluding hydrogens is 415 g/mol. The number of allylic oxidation sites excluding steroid dienone is 2. The van der Waals surface area contributed by atoms with Crippen molar-refractivity contribution in [2.24, 2.45) is 10.3 Å². The van der Waals surface area contributed by atoms with Gasteiger partial charge in [0.25, 0.3) is 0 Å². The summed E-state index contributed by atoms with van der Waals surface area (Å²) in [5.74, 6) is 0. The van der Waals surface area contributed by atoms with E-state index in [9.17, 15) is 0 Å². The van der Waals surface area contributed by atoms with Gasteiger partial charge in [0.05, 0.1) is 11.4 Å². The molecular formula is C20H36N6NiO2. The Kier molecular flexibility index (Phi) is 15.6. The molecule has 2 heterocycles. The van der Waals surface area contributed by atoms with Gasteiger partial charge in [-0.25, -0.2) is 0 Å². The normalized spacial score (nSPS) is 21.7. The summed E-state index contributed by atoms with van der Waals surface area (Å²) in [5.41, 5.74) is 2.43. The van der Waals surface area contributed by atoms with Gasteiger partial charge in [-0.3, -0.25) is 0 Å². The SMILES string of the molecule is CC(=NO)C(C)NCC1=CC=CC[N-]1.CC(=NO)C(C)NCC1CCCC[N-]1.[Ni+2]. The number of hydrogen-bond donors (Lipinski definition) is 4. The average molecular weight is 451 g/mol. The van der Waals surface area contributed by atoms with Crippen LogP contribution in [0.3, 0.4) is 0 Å². The van der Waals surface area contributed by atoms with Crippen LogP contribution in [0, 0.1) is 0 Å². The molecule has 0 aliphatic carbocycles. The van der Waals surface area contributed by atoms with Crippen LogP contribution in [0.5, 0.6) is 0 Å². The topological polar surface area (TPSA) is 117 Å². The van der Waals surface area contributed by atoms with Crippen LogP contribution >= 0.6 is 0 Å². The van der Waals surface area contributed by atoms with Gasteiger partial charge in [-0.15, -0.1) is 30.9 Å². The van der Waals surface area contributed by atoms with Gasteiger partial charge < -0.3 is 31.7 Å². The Balaban J connectivity index is 0.000000523. The third-order valence-electron chi connectivity index (χ3n) is 4.98. The molecule has 0 radical (unpaired) electrons. The second kappa shape index (κ2) is 16.4. The summed E-state index contributed by atoms with van der Waals surface area (Å²) in [7, 11) is 0. The molecule has 1 saturated heterocycles. The molecule has 0 aromatic carbocycles. The van der Waals surface area contributed by atoms with Crippen LogP contribution in [0.2, 0.25) is 0 Å². The summed E-state index contributed by atoms with van der Waals surface area (Å²) >= 11 is 0. The van der Waals surface area contributed by atoms with Gasteiger partial charge in [-0.1, -0.05) is 41.7 Å². The second-order valence-electron chi connectivity index (χ2n) is 7.20. The molecule has 168 valence electrons. The molecule has 0 aromatic rings. The smallest absolute Gasteiger partial charge is 0.684 e. The largest absolute Gasteiger partial charge is 2.00 e. The van der Waals surface area contributed by atoms with Gasteiger partial charge in [0, 0.05) is 18.6 Å². The minimum atomic E-state index is 0. The molecule has 4 N–H and O–H groups in total. The van der Waals surface area contributed by atoms with Crippen LogP contribution in [-0.2, 0) is 16.5 Å². The van der Waals surface area contributed by atoms with E-state index < -0.39 is 0 Å². The van der Waals surface area contributed by atoms with E-state index in [1.807, 2.05) is 39.0 Å². The number of oxime groups is 2. The van der Waals surface area contributed by atoms with Crippen LogP contribution in [-0.4, -0.2) is 66.1 Å². The van der Waals surface area contributed by atoms with Crippen molar-refractivity contribution in [1.29, 1.82) is 0 Å². The molecule has 2 aliphatic rings. The monoisotopic (exact) mass is 450 g/mol. The molecule has 3 unspecified atom stereocenters. The van der Waals surface area contributed by atoms with E-state index in [-0.39, 0.29) is 28.6 Å². The number of nitrogens with one attached hydrogen (secondary N) is 2. The second-order valence-corrected chi connectivity index (χ2v) is 7.20. The first-order valence-corrected chi connectivity index (χ1v) is 10.0.